The summed E-state index contributed by atoms with van der Waals surface area (Å²) in [6, 6.07) is 13.1. The van der Waals surface area contributed by atoms with E-state index >= 15 is 0 Å². The number of pyridine rings is 1. The lowest BCUT2D eigenvalue weighted by Crippen LogP contribution is -2.19. The fraction of sp³-hybridized carbons (Fsp3) is 0.0833. The molecule has 1 heterocycles. The lowest BCUT2D eigenvalue weighted by atomic mass is 10.1. The molecule has 0 aliphatic rings. The summed E-state index contributed by atoms with van der Waals surface area (Å²) in [5.41, 5.74) is 1.06. The van der Waals surface area contributed by atoms with Crippen molar-refractivity contribution in [1.29, 1.82) is 0 Å². The molecular weight excluding hydrogens is 236 g/mol. The summed E-state index contributed by atoms with van der Waals surface area (Å²) in [7, 11) is -2.12. The van der Waals surface area contributed by atoms with E-state index in [1.807, 2.05) is 0 Å². The lowest BCUT2D eigenvalue weighted by molar-refractivity contribution is 0.588. The van der Waals surface area contributed by atoms with Crippen LogP contribution in [0.5, 0.6) is 0 Å². The molecule has 0 unspecified atom stereocenters. The largest absolute Gasteiger partial charge is 0.256 e. The third-order valence-electron chi connectivity index (χ3n) is 2.30. The van der Waals surface area contributed by atoms with E-state index in [2.05, 4.69) is 15.8 Å². The molecule has 17 heavy (non-hydrogen) atoms. The monoisotopic (exact) mass is 247 g/mol. The smallest absolute Gasteiger partial charge is 0.241 e. The molecule has 0 amide bonds. The number of nitrogens with one attached hydrogen (secondary N) is 1. The van der Waals surface area contributed by atoms with Crippen molar-refractivity contribution in [2.24, 2.45) is 0 Å². The van der Waals surface area contributed by atoms with Crippen LogP contribution in [0.25, 0.3) is 11.3 Å². The van der Waals surface area contributed by atoms with Crippen molar-refractivity contribution in [2.45, 2.75) is 4.90 Å². The Morgan fingerprint density at radius 1 is 1.24 bits per heavy atom. The summed E-state index contributed by atoms with van der Waals surface area (Å²) < 4.78 is 26.0. The van der Waals surface area contributed by atoms with Gasteiger partial charge in [-0.2, -0.15) is 0 Å². The van der Waals surface area contributed by atoms with Crippen LogP contribution < -0.4 is 4.72 Å². The van der Waals surface area contributed by atoms with E-state index < -0.39 is 10.0 Å². The second-order valence-corrected chi connectivity index (χ2v) is 5.19. The molecule has 0 atom stereocenters. The van der Waals surface area contributed by atoms with Crippen LogP contribution in [0.1, 0.15) is 0 Å². The quantitative estimate of drug-likeness (QED) is 0.893. The zero-order valence-electron chi connectivity index (χ0n) is 9.21. The van der Waals surface area contributed by atoms with E-state index in [1.54, 1.807) is 36.5 Å². The molecule has 0 saturated carbocycles. The Bertz CT molecular complexity index is 609. The van der Waals surface area contributed by atoms with Crippen LogP contribution >= 0.6 is 0 Å². The van der Waals surface area contributed by atoms with Crippen LogP contribution in [0, 0.1) is 6.07 Å². The lowest BCUT2D eigenvalue weighted by Gasteiger charge is -2.08. The average molecular weight is 247 g/mol. The van der Waals surface area contributed by atoms with E-state index in [-0.39, 0.29) is 4.90 Å². The maximum Gasteiger partial charge on any atom is 0.241 e. The molecule has 4 nitrogen and oxygen atoms in total. The van der Waals surface area contributed by atoms with Gasteiger partial charge in [0.2, 0.25) is 10.0 Å². The second kappa shape index (κ2) is 4.65. The minimum atomic E-state index is -3.50. The van der Waals surface area contributed by atoms with E-state index in [0.717, 1.165) is 0 Å². The summed E-state index contributed by atoms with van der Waals surface area (Å²) in [4.78, 5) is 4.32. The average Bonchev–Trinajstić information content (AvgIpc) is 2.40. The van der Waals surface area contributed by atoms with Gasteiger partial charge in [-0.15, -0.1) is 0 Å². The van der Waals surface area contributed by atoms with Crippen LogP contribution in [-0.2, 0) is 10.0 Å². The second-order valence-electron chi connectivity index (χ2n) is 3.33. The van der Waals surface area contributed by atoms with Gasteiger partial charge in [0.05, 0.1) is 10.6 Å². The summed E-state index contributed by atoms with van der Waals surface area (Å²) in [5, 5.41) is 0. The van der Waals surface area contributed by atoms with Crippen molar-refractivity contribution in [1.82, 2.24) is 9.71 Å². The van der Waals surface area contributed by atoms with E-state index in [4.69, 9.17) is 0 Å². The van der Waals surface area contributed by atoms with Crippen LogP contribution in [0.15, 0.2) is 47.5 Å². The minimum absolute atomic E-state index is 0.182. The van der Waals surface area contributed by atoms with Gasteiger partial charge in [0, 0.05) is 11.8 Å². The molecule has 1 aromatic heterocycles. The molecule has 0 bridgehead atoms. The van der Waals surface area contributed by atoms with Gasteiger partial charge in [0.15, 0.2) is 0 Å². The molecule has 1 N–H and O–H groups in total. The highest BCUT2D eigenvalue weighted by molar-refractivity contribution is 7.89. The summed E-state index contributed by atoms with van der Waals surface area (Å²) >= 11 is 0. The van der Waals surface area contributed by atoms with Gasteiger partial charge in [-0.25, -0.2) is 13.1 Å². The first-order valence-electron chi connectivity index (χ1n) is 5.01. The predicted octanol–water partition coefficient (Wildman–Crippen LogP) is 1.46. The highest BCUT2D eigenvalue weighted by Crippen LogP contribution is 2.24. The van der Waals surface area contributed by atoms with Gasteiger partial charge < -0.3 is 0 Å². The third-order valence-corrected chi connectivity index (χ3v) is 3.75. The van der Waals surface area contributed by atoms with Crippen molar-refractivity contribution in [3.8, 4) is 11.3 Å². The summed E-state index contributed by atoms with van der Waals surface area (Å²) in [5.74, 6) is 0. The zero-order valence-corrected chi connectivity index (χ0v) is 10.0. The highest BCUT2D eigenvalue weighted by Gasteiger charge is 2.17. The zero-order chi connectivity index (χ0) is 12.3. The van der Waals surface area contributed by atoms with Gasteiger partial charge in [-0.05, 0) is 31.3 Å². The molecule has 0 aliphatic carbocycles. The topological polar surface area (TPSA) is 59.1 Å². The summed E-state index contributed by atoms with van der Waals surface area (Å²) in [6.45, 7) is 0. The third kappa shape index (κ3) is 2.35. The van der Waals surface area contributed by atoms with Gasteiger partial charge in [0.1, 0.15) is 0 Å². The van der Waals surface area contributed by atoms with Crippen molar-refractivity contribution in [3.63, 3.8) is 0 Å². The molecule has 0 spiro atoms. The van der Waals surface area contributed by atoms with Crippen molar-refractivity contribution in [2.75, 3.05) is 7.05 Å². The molecule has 0 aliphatic heterocycles. The maximum atomic E-state index is 11.8. The van der Waals surface area contributed by atoms with Crippen LogP contribution in [0.2, 0.25) is 0 Å². The Balaban J connectivity index is 2.65. The fourth-order valence-electron chi connectivity index (χ4n) is 1.47. The number of benzene rings is 1. The van der Waals surface area contributed by atoms with Gasteiger partial charge in [0.25, 0.3) is 0 Å². The molecule has 0 saturated heterocycles. The number of sulfonamides is 1. The van der Waals surface area contributed by atoms with Gasteiger partial charge >= 0.3 is 0 Å². The fourth-order valence-corrected chi connectivity index (χ4v) is 2.38. The molecule has 0 fully saturated rings. The first-order valence-corrected chi connectivity index (χ1v) is 6.49. The first kappa shape index (κ1) is 11.8. The Labute approximate surface area is 100 Å². The maximum absolute atomic E-state index is 11.8. The normalized spacial score (nSPS) is 11.4. The van der Waals surface area contributed by atoms with Gasteiger partial charge in [-0.3, -0.25) is 4.98 Å². The molecule has 5 heteroatoms. The molecule has 2 rings (SSSR count). The number of rotatable bonds is 3. The Hall–Kier alpha value is -1.72. The van der Waals surface area contributed by atoms with Gasteiger partial charge in [-0.1, -0.05) is 18.2 Å². The first-order chi connectivity index (χ1) is 8.15. The highest BCUT2D eigenvalue weighted by atomic mass is 32.2. The Morgan fingerprint density at radius 2 is 2.06 bits per heavy atom. The number of aromatic nitrogens is 1. The number of hydrogen-bond acceptors (Lipinski definition) is 3. The Morgan fingerprint density at radius 3 is 2.71 bits per heavy atom. The van der Waals surface area contributed by atoms with E-state index in [9.17, 15) is 8.42 Å². The minimum Gasteiger partial charge on any atom is -0.256 e. The Kier molecular flexibility index (Phi) is 3.21. The van der Waals surface area contributed by atoms with Crippen molar-refractivity contribution in [3.05, 3.63) is 48.7 Å². The van der Waals surface area contributed by atoms with Crippen LogP contribution in [0.3, 0.4) is 0 Å². The molecule has 87 valence electrons. The molecule has 1 radical (unpaired) electrons. The predicted molar refractivity (Wildman–Crippen MR) is 64.8 cm³/mol. The molecular formula is C12H11N2O2S. The SMILES string of the molecule is CNS(=O)(=O)c1ccc[c]c1-c1ccccn1. The standard InChI is InChI=1S/C12H11N2O2S/c1-13-17(15,16)12-8-3-2-6-10(12)11-7-4-5-9-14-11/h2-5,7-9,13H,1H3. The number of hydrogen-bond donors (Lipinski definition) is 1. The van der Waals surface area contributed by atoms with E-state index in [1.165, 1.54) is 13.1 Å². The molecule has 1 aromatic carbocycles. The summed E-state index contributed by atoms with van der Waals surface area (Å²) in [6.07, 6.45) is 1.62. The van der Waals surface area contributed by atoms with Crippen LogP contribution in [0.4, 0.5) is 0 Å². The van der Waals surface area contributed by atoms with E-state index in [0.29, 0.717) is 11.3 Å². The number of nitrogens with zero attached hydrogens (tertiary/aromatic N) is 1. The molecule has 2 aromatic rings. The van der Waals surface area contributed by atoms with Crippen LogP contribution in [-0.4, -0.2) is 20.4 Å². The van der Waals surface area contributed by atoms with Crippen molar-refractivity contribution < 1.29 is 8.42 Å². The van der Waals surface area contributed by atoms with Crippen molar-refractivity contribution >= 4 is 10.0 Å².